The highest BCUT2D eigenvalue weighted by molar-refractivity contribution is 14.0. The first kappa shape index (κ1) is 16.0. The predicted octanol–water partition coefficient (Wildman–Crippen LogP) is 2.90. The van der Waals surface area contributed by atoms with Crippen molar-refractivity contribution in [1.29, 1.82) is 0 Å². The zero-order valence-electron chi connectivity index (χ0n) is 10.6. The average Bonchev–Trinajstić information content (AvgIpc) is 2.71. The predicted molar refractivity (Wildman–Crippen MR) is 81.7 cm³/mol. The van der Waals surface area contributed by atoms with E-state index in [1.165, 1.54) is 38.5 Å². The Labute approximate surface area is 117 Å². The van der Waals surface area contributed by atoms with Crippen LogP contribution in [0.3, 0.4) is 0 Å². The van der Waals surface area contributed by atoms with Gasteiger partial charge in [-0.2, -0.15) is 0 Å². The Morgan fingerprint density at radius 2 is 1.94 bits per heavy atom. The smallest absolute Gasteiger partial charge is 0.191 e. The molecular weight excluding hydrogens is 313 g/mol. The molecule has 96 valence electrons. The fourth-order valence-corrected chi connectivity index (χ4v) is 1.93. The minimum atomic E-state index is 0. The SMILES string of the molecule is CCCCN=C(NCC)NC1CCCC1.I. The minimum Gasteiger partial charge on any atom is -0.357 e. The van der Waals surface area contributed by atoms with E-state index < -0.39 is 0 Å². The highest BCUT2D eigenvalue weighted by Crippen LogP contribution is 2.17. The molecular formula is C12H26IN3. The Bertz CT molecular complexity index is 189. The second-order valence-corrected chi connectivity index (χ2v) is 4.24. The molecule has 0 aromatic carbocycles. The summed E-state index contributed by atoms with van der Waals surface area (Å²) in [6.45, 7) is 6.21. The van der Waals surface area contributed by atoms with Crippen LogP contribution in [0.2, 0.25) is 0 Å². The molecule has 0 unspecified atom stereocenters. The lowest BCUT2D eigenvalue weighted by molar-refractivity contribution is 0.612. The lowest BCUT2D eigenvalue weighted by Crippen LogP contribution is -2.42. The Hall–Kier alpha value is 0. The number of nitrogens with one attached hydrogen (secondary N) is 2. The van der Waals surface area contributed by atoms with Crippen molar-refractivity contribution in [3.8, 4) is 0 Å². The van der Waals surface area contributed by atoms with Crippen LogP contribution in [0, 0.1) is 0 Å². The largest absolute Gasteiger partial charge is 0.357 e. The van der Waals surface area contributed by atoms with Crippen molar-refractivity contribution in [1.82, 2.24) is 10.6 Å². The molecule has 0 aliphatic heterocycles. The first-order valence-corrected chi connectivity index (χ1v) is 6.41. The number of hydrogen-bond donors (Lipinski definition) is 2. The third-order valence-corrected chi connectivity index (χ3v) is 2.82. The van der Waals surface area contributed by atoms with E-state index in [0.717, 1.165) is 19.0 Å². The molecule has 1 saturated carbocycles. The lowest BCUT2D eigenvalue weighted by atomic mass is 10.2. The zero-order valence-corrected chi connectivity index (χ0v) is 12.9. The van der Waals surface area contributed by atoms with Crippen LogP contribution in [-0.4, -0.2) is 25.1 Å². The quantitative estimate of drug-likeness (QED) is 0.350. The van der Waals surface area contributed by atoms with E-state index in [2.05, 4.69) is 29.5 Å². The van der Waals surface area contributed by atoms with E-state index in [1.54, 1.807) is 0 Å². The number of halogens is 1. The second-order valence-electron chi connectivity index (χ2n) is 4.24. The molecule has 0 bridgehead atoms. The van der Waals surface area contributed by atoms with Crippen LogP contribution in [0.15, 0.2) is 4.99 Å². The number of guanidine groups is 1. The maximum atomic E-state index is 4.56. The summed E-state index contributed by atoms with van der Waals surface area (Å²) < 4.78 is 0. The lowest BCUT2D eigenvalue weighted by Gasteiger charge is -2.16. The van der Waals surface area contributed by atoms with Crippen LogP contribution in [0.1, 0.15) is 52.4 Å². The van der Waals surface area contributed by atoms with Gasteiger partial charge in [-0.25, -0.2) is 0 Å². The van der Waals surface area contributed by atoms with Crippen LogP contribution in [0.4, 0.5) is 0 Å². The van der Waals surface area contributed by atoms with Gasteiger partial charge in [-0.3, -0.25) is 4.99 Å². The number of rotatable bonds is 5. The van der Waals surface area contributed by atoms with Gasteiger partial charge in [0.15, 0.2) is 5.96 Å². The zero-order chi connectivity index (χ0) is 10.9. The first-order chi connectivity index (χ1) is 7.36. The van der Waals surface area contributed by atoms with Gasteiger partial charge < -0.3 is 10.6 Å². The molecule has 1 aliphatic carbocycles. The Morgan fingerprint density at radius 1 is 1.25 bits per heavy atom. The van der Waals surface area contributed by atoms with Crippen molar-refractivity contribution in [2.75, 3.05) is 13.1 Å². The van der Waals surface area contributed by atoms with E-state index in [9.17, 15) is 0 Å². The van der Waals surface area contributed by atoms with Gasteiger partial charge in [0.1, 0.15) is 0 Å². The Morgan fingerprint density at radius 3 is 2.50 bits per heavy atom. The summed E-state index contributed by atoms with van der Waals surface area (Å²) in [5.41, 5.74) is 0. The van der Waals surface area contributed by atoms with Crippen molar-refractivity contribution >= 4 is 29.9 Å². The maximum absolute atomic E-state index is 4.56. The van der Waals surface area contributed by atoms with Crippen molar-refractivity contribution in [3.63, 3.8) is 0 Å². The Balaban J connectivity index is 0.00000225. The highest BCUT2D eigenvalue weighted by Gasteiger charge is 2.15. The standard InChI is InChI=1S/C12H25N3.HI/c1-3-5-10-14-12(13-4-2)15-11-8-6-7-9-11;/h11H,3-10H2,1-2H3,(H2,13,14,15);1H. The molecule has 0 heterocycles. The number of aliphatic imine (C=N–C) groups is 1. The van der Waals surface area contributed by atoms with Crippen LogP contribution in [0.25, 0.3) is 0 Å². The molecule has 0 amide bonds. The molecule has 1 aliphatic rings. The maximum Gasteiger partial charge on any atom is 0.191 e. The van der Waals surface area contributed by atoms with Crippen LogP contribution < -0.4 is 10.6 Å². The molecule has 0 spiro atoms. The van der Waals surface area contributed by atoms with Crippen molar-refractivity contribution in [2.45, 2.75) is 58.4 Å². The fraction of sp³-hybridized carbons (Fsp3) is 0.917. The molecule has 16 heavy (non-hydrogen) atoms. The van der Waals surface area contributed by atoms with Gasteiger partial charge >= 0.3 is 0 Å². The Kier molecular flexibility index (Phi) is 10.2. The van der Waals surface area contributed by atoms with Gasteiger partial charge in [0.2, 0.25) is 0 Å². The molecule has 1 rings (SSSR count). The minimum absolute atomic E-state index is 0. The summed E-state index contributed by atoms with van der Waals surface area (Å²) in [7, 11) is 0. The summed E-state index contributed by atoms with van der Waals surface area (Å²) in [5, 5.41) is 6.82. The molecule has 2 N–H and O–H groups in total. The van der Waals surface area contributed by atoms with Crippen molar-refractivity contribution in [2.24, 2.45) is 4.99 Å². The van der Waals surface area contributed by atoms with Gasteiger partial charge in [-0.15, -0.1) is 24.0 Å². The van der Waals surface area contributed by atoms with Gasteiger partial charge in [-0.05, 0) is 26.2 Å². The topological polar surface area (TPSA) is 36.4 Å². The highest BCUT2D eigenvalue weighted by atomic mass is 127. The third-order valence-electron chi connectivity index (χ3n) is 2.82. The van der Waals surface area contributed by atoms with Crippen LogP contribution in [0.5, 0.6) is 0 Å². The molecule has 3 nitrogen and oxygen atoms in total. The van der Waals surface area contributed by atoms with E-state index >= 15 is 0 Å². The van der Waals surface area contributed by atoms with E-state index in [1.807, 2.05) is 0 Å². The van der Waals surface area contributed by atoms with Crippen LogP contribution >= 0.6 is 24.0 Å². The number of unbranched alkanes of at least 4 members (excludes halogenated alkanes) is 1. The van der Waals surface area contributed by atoms with E-state index in [0.29, 0.717) is 6.04 Å². The number of hydrogen-bond acceptors (Lipinski definition) is 1. The monoisotopic (exact) mass is 339 g/mol. The number of nitrogens with zero attached hydrogens (tertiary/aromatic N) is 1. The summed E-state index contributed by atoms with van der Waals surface area (Å²) >= 11 is 0. The second kappa shape index (κ2) is 10.2. The molecule has 1 fully saturated rings. The molecule has 0 aromatic heterocycles. The van der Waals surface area contributed by atoms with E-state index in [-0.39, 0.29) is 24.0 Å². The normalized spacial score (nSPS) is 17.0. The summed E-state index contributed by atoms with van der Waals surface area (Å²) in [6, 6.07) is 0.657. The molecule has 0 aromatic rings. The van der Waals surface area contributed by atoms with Gasteiger partial charge in [-0.1, -0.05) is 26.2 Å². The van der Waals surface area contributed by atoms with E-state index in [4.69, 9.17) is 0 Å². The first-order valence-electron chi connectivity index (χ1n) is 6.41. The summed E-state index contributed by atoms with van der Waals surface area (Å²) in [5.74, 6) is 1.01. The molecule has 0 saturated heterocycles. The summed E-state index contributed by atoms with van der Waals surface area (Å²) in [6.07, 6.45) is 7.74. The molecule has 0 radical (unpaired) electrons. The molecule has 4 heteroatoms. The summed E-state index contributed by atoms with van der Waals surface area (Å²) in [4.78, 5) is 4.56. The van der Waals surface area contributed by atoms with Crippen LogP contribution in [-0.2, 0) is 0 Å². The van der Waals surface area contributed by atoms with Gasteiger partial charge in [0.25, 0.3) is 0 Å². The van der Waals surface area contributed by atoms with Gasteiger partial charge in [0.05, 0.1) is 0 Å². The molecule has 0 atom stereocenters. The van der Waals surface area contributed by atoms with Crippen molar-refractivity contribution in [3.05, 3.63) is 0 Å². The third kappa shape index (κ3) is 6.55. The van der Waals surface area contributed by atoms with Gasteiger partial charge in [0, 0.05) is 19.1 Å². The van der Waals surface area contributed by atoms with Crippen molar-refractivity contribution < 1.29 is 0 Å². The average molecular weight is 339 g/mol. The fourth-order valence-electron chi connectivity index (χ4n) is 1.93.